The molecule has 0 heterocycles. The van der Waals surface area contributed by atoms with Gasteiger partial charge in [0, 0.05) is 25.7 Å². The summed E-state index contributed by atoms with van der Waals surface area (Å²) in [5.74, 6) is -2.13. The van der Waals surface area contributed by atoms with E-state index in [1.165, 1.54) is 212 Å². The Labute approximate surface area is 599 Å². The average Bonchev–Trinajstić information content (AvgIpc) is 1.04. The van der Waals surface area contributed by atoms with Gasteiger partial charge in [-0.15, -0.1) is 0 Å². The molecule has 0 radical (unpaired) electrons. The van der Waals surface area contributed by atoms with E-state index in [9.17, 15) is 43.2 Å². The molecule has 0 fully saturated rings. The minimum Gasteiger partial charge on any atom is -0.462 e. The van der Waals surface area contributed by atoms with Gasteiger partial charge in [-0.05, 0) is 57.8 Å². The number of aliphatic hydroxyl groups is 1. The van der Waals surface area contributed by atoms with Gasteiger partial charge in [0.1, 0.15) is 19.3 Å². The van der Waals surface area contributed by atoms with Gasteiger partial charge in [-0.1, -0.05) is 341 Å². The first kappa shape index (κ1) is 95.5. The zero-order valence-corrected chi connectivity index (χ0v) is 65.0. The lowest BCUT2D eigenvalue weighted by Crippen LogP contribution is -2.30. The highest BCUT2D eigenvalue weighted by Crippen LogP contribution is 2.45. The summed E-state index contributed by atoms with van der Waals surface area (Å²) in [6.45, 7) is 4.95. The summed E-state index contributed by atoms with van der Waals surface area (Å²) in [6.07, 6.45) is 67.2. The molecule has 0 rings (SSSR count). The Bertz CT molecular complexity index is 1950. The number of carbonyl (C=O) groups excluding carboxylic acids is 4. The van der Waals surface area contributed by atoms with Gasteiger partial charge >= 0.3 is 39.5 Å². The van der Waals surface area contributed by atoms with Crippen LogP contribution in [0.2, 0.25) is 0 Å². The first-order chi connectivity index (χ1) is 47.7. The number of ether oxygens (including phenoxy) is 4. The highest BCUT2D eigenvalue weighted by atomic mass is 31.2. The number of unbranched alkanes of at least 4 members (excludes halogenated alkanes) is 48. The lowest BCUT2D eigenvalue weighted by Gasteiger charge is -2.21. The Morgan fingerprint density at radius 1 is 0.286 bits per heavy atom. The fourth-order valence-electron chi connectivity index (χ4n) is 11.7. The van der Waals surface area contributed by atoms with Crippen molar-refractivity contribution >= 4 is 39.5 Å². The molecule has 0 aliphatic carbocycles. The molecule has 0 saturated carbocycles. The van der Waals surface area contributed by atoms with E-state index in [1.807, 2.05) is 0 Å². The molecular weight excluding hydrogens is 1280 g/mol. The molecule has 0 aromatic heterocycles. The molecule has 5 atom stereocenters. The Balaban J connectivity index is 5.30. The van der Waals surface area contributed by atoms with Crippen molar-refractivity contribution in [3.8, 4) is 0 Å². The zero-order valence-electron chi connectivity index (χ0n) is 63.2. The van der Waals surface area contributed by atoms with Crippen LogP contribution in [0.15, 0.2) is 24.3 Å². The van der Waals surface area contributed by atoms with Gasteiger partial charge in [0.05, 0.1) is 26.4 Å². The highest BCUT2D eigenvalue weighted by Gasteiger charge is 2.30. The number of carbonyl (C=O) groups is 4. The van der Waals surface area contributed by atoms with Gasteiger partial charge in [-0.25, -0.2) is 9.13 Å². The minimum absolute atomic E-state index is 0.0877. The molecule has 3 N–H and O–H groups in total. The molecule has 0 saturated heterocycles. The number of phosphoric ester groups is 2. The van der Waals surface area contributed by atoms with E-state index in [4.69, 9.17) is 37.0 Å². The number of hydrogen-bond donors (Lipinski definition) is 3. The van der Waals surface area contributed by atoms with Crippen LogP contribution in [0.5, 0.6) is 0 Å². The number of allylic oxidation sites excluding steroid dienone is 4. The molecular formula is C79H150O17P2. The van der Waals surface area contributed by atoms with E-state index >= 15 is 0 Å². The van der Waals surface area contributed by atoms with Crippen LogP contribution in [0.25, 0.3) is 0 Å². The van der Waals surface area contributed by atoms with E-state index in [0.717, 1.165) is 109 Å². The maximum absolute atomic E-state index is 13.1. The van der Waals surface area contributed by atoms with Gasteiger partial charge in [0.15, 0.2) is 12.2 Å². The molecule has 0 aromatic carbocycles. The second-order valence-electron chi connectivity index (χ2n) is 27.7. The molecule has 0 aliphatic rings. The average molecular weight is 1430 g/mol. The van der Waals surface area contributed by atoms with Crippen molar-refractivity contribution < 1.29 is 80.2 Å². The van der Waals surface area contributed by atoms with Crippen LogP contribution in [0.4, 0.5) is 0 Å². The fourth-order valence-corrected chi connectivity index (χ4v) is 13.3. The SMILES string of the molecule is CCCCC/C=C\C/C=C\CCCCCCCC(=O)O[C@H](COC(=O)CCCCCCCCCCCCCCCCC)COP(=O)(O)OC[C@@H](O)COP(=O)(O)OC[C@@H](COC(=O)CCCCCCCCCCCCCCC)OC(=O)CCCCCCCCCCCCCCCCC. The molecule has 0 aliphatic heterocycles. The van der Waals surface area contributed by atoms with Crippen molar-refractivity contribution in [2.75, 3.05) is 39.6 Å². The summed E-state index contributed by atoms with van der Waals surface area (Å²) < 4.78 is 68.6. The summed E-state index contributed by atoms with van der Waals surface area (Å²) in [4.78, 5) is 73.0. The van der Waals surface area contributed by atoms with Crippen molar-refractivity contribution in [3.05, 3.63) is 24.3 Å². The van der Waals surface area contributed by atoms with Crippen LogP contribution >= 0.6 is 15.6 Å². The Morgan fingerprint density at radius 2 is 0.500 bits per heavy atom. The number of phosphoric acid groups is 2. The topological polar surface area (TPSA) is 237 Å². The van der Waals surface area contributed by atoms with Crippen LogP contribution in [-0.4, -0.2) is 96.7 Å². The van der Waals surface area contributed by atoms with E-state index < -0.39 is 97.5 Å². The Kier molecular flexibility index (Phi) is 71.0. The van der Waals surface area contributed by atoms with E-state index in [0.29, 0.717) is 25.7 Å². The largest absolute Gasteiger partial charge is 0.472 e. The molecule has 0 spiro atoms. The fraction of sp³-hybridized carbons (Fsp3) is 0.899. The summed E-state index contributed by atoms with van der Waals surface area (Å²) in [6, 6.07) is 0. The smallest absolute Gasteiger partial charge is 0.462 e. The third kappa shape index (κ3) is 71.9. The maximum Gasteiger partial charge on any atom is 0.472 e. The third-order valence-corrected chi connectivity index (χ3v) is 19.9. The highest BCUT2D eigenvalue weighted by molar-refractivity contribution is 7.47. The molecule has 19 heteroatoms. The van der Waals surface area contributed by atoms with E-state index in [-0.39, 0.29) is 25.7 Å². The van der Waals surface area contributed by atoms with Gasteiger partial charge in [0.25, 0.3) is 0 Å². The quantitative estimate of drug-likeness (QED) is 0.0169. The molecule has 0 aromatic rings. The predicted octanol–water partition coefficient (Wildman–Crippen LogP) is 23.3. The van der Waals surface area contributed by atoms with Crippen molar-refractivity contribution in [1.29, 1.82) is 0 Å². The van der Waals surface area contributed by atoms with E-state index in [2.05, 4.69) is 52.0 Å². The number of esters is 4. The molecule has 2 unspecified atom stereocenters. The first-order valence-corrected chi connectivity index (χ1v) is 43.6. The van der Waals surface area contributed by atoms with Crippen molar-refractivity contribution in [2.45, 2.75) is 418 Å². The van der Waals surface area contributed by atoms with Crippen molar-refractivity contribution in [1.82, 2.24) is 0 Å². The minimum atomic E-state index is -4.97. The second kappa shape index (κ2) is 72.9. The second-order valence-corrected chi connectivity index (χ2v) is 30.6. The van der Waals surface area contributed by atoms with Crippen LogP contribution in [0.1, 0.15) is 400 Å². The normalized spacial score (nSPS) is 14.0. The van der Waals surface area contributed by atoms with Gasteiger partial charge < -0.3 is 33.8 Å². The summed E-state index contributed by atoms with van der Waals surface area (Å²) in [7, 11) is -9.93. The first-order valence-electron chi connectivity index (χ1n) is 40.6. The number of hydrogen-bond acceptors (Lipinski definition) is 15. The Hall–Kier alpha value is -2.46. The summed E-state index contributed by atoms with van der Waals surface area (Å²) >= 11 is 0. The molecule has 17 nitrogen and oxygen atoms in total. The monoisotopic (exact) mass is 1430 g/mol. The lowest BCUT2D eigenvalue weighted by atomic mass is 10.0. The molecule has 0 amide bonds. The van der Waals surface area contributed by atoms with Crippen LogP contribution in [0.3, 0.4) is 0 Å². The van der Waals surface area contributed by atoms with Gasteiger partial charge in [0.2, 0.25) is 0 Å². The van der Waals surface area contributed by atoms with Crippen molar-refractivity contribution in [3.63, 3.8) is 0 Å². The van der Waals surface area contributed by atoms with Gasteiger partial charge in [-0.2, -0.15) is 0 Å². The lowest BCUT2D eigenvalue weighted by molar-refractivity contribution is -0.161. The summed E-state index contributed by atoms with van der Waals surface area (Å²) in [5.41, 5.74) is 0. The Morgan fingerprint density at radius 3 is 0.776 bits per heavy atom. The zero-order chi connectivity index (χ0) is 71.8. The number of rotatable bonds is 78. The van der Waals surface area contributed by atoms with E-state index in [1.54, 1.807) is 0 Å². The summed E-state index contributed by atoms with van der Waals surface area (Å²) in [5, 5.41) is 10.6. The molecule has 0 bridgehead atoms. The standard InChI is InChI=1S/C79H150O17P2/c1-5-9-13-17-21-25-29-33-36-40-44-48-52-56-60-64-77(82)90-70-75(96-79(84)66-62-58-54-50-46-42-38-35-31-27-23-19-15-11-7-3)72-94-98(87,88)92-68-73(80)67-91-97(85,86)93-71-74(69-89-76(81)63-59-55-51-47-43-39-32-28-24-20-16-12-8-4)95-78(83)65-61-57-53-49-45-41-37-34-30-26-22-18-14-10-6-2/h23,27,35,38,73-75,80H,5-22,24-26,28-34,36-37,39-72H2,1-4H3,(H,85,86)(H,87,88)/b27-23-,38-35-/t73-,74+,75+/m0/s1. The number of aliphatic hydroxyl groups excluding tert-OH is 1. The van der Waals surface area contributed by atoms with Gasteiger partial charge in [-0.3, -0.25) is 37.3 Å². The van der Waals surface area contributed by atoms with Crippen LogP contribution in [-0.2, 0) is 65.4 Å². The molecule has 98 heavy (non-hydrogen) atoms. The maximum atomic E-state index is 13.1. The van der Waals surface area contributed by atoms with Crippen LogP contribution < -0.4 is 0 Å². The van der Waals surface area contributed by atoms with Crippen LogP contribution in [0, 0.1) is 0 Å². The molecule has 578 valence electrons. The third-order valence-electron chi connectivity index (χ3n) is 17.9. The van der Waals surface area contributed by atoms with Crippen molar-refractivity contribution in [2.24, 2.45) is 0 Å². The predicted molar refractivity (Wildman–Crippen MR) is 400 cm³/mol.